The van der Waals surface area contributed by atoms with Crippen LogP contribution in [0.15, 0.2) is 24.3 Å². The smallest absolute Gasteiger partial charge is 0.183 e. The van der Waals surface area contributed by atoms with Gasteiger partial charge in [-0.2, -0.15) is 0 Å². The van der Waals surface area contributed by atoms with Gasteiger partial charge in [0, 0.05) is 12.7 Å². The number of methoxy groups -OCH3 is 2. The molecule has 0 fully saturated rings. The molecule has 3 heteroatoms. The van der Waals surface area contributed by atoms with Crippen molar-refractivity contribution < 1.29 is 14.2 Å². The van der Waals surface area contributed by atoms with Gasteiger partial charge in [-0.1, -0.05) is 44.7 Å². The highest BCUT2D eigenvalue weighted by molar-refractivity contribution is 5.29. The van der Waals surface area contributed by atoms with E-state index in [9.17, 15) is 0 Å². The highest BCUT2D eigenvalue weighted by Crippen LogP contribution is 2.22. The van der Waals surface area contributed by atoms with Gasteiger partial charge in [0.25, 0.3) is 0 Å². The van der Waals surface area contributed by atoms with Crippen molar-refractivity contribution in [1.82, 2.24) is 0 Å². The molecule has 0 heterocycles. The van der Waals surface area contributed by atoms with Crippen molar-refractivity contribution in [3.63, 3.8) is 0 Å². The highest BCUT2D eigenvalue weighted by atomic mass is 16.7. The van der Waals surface area contributed by atoms with Crippen molar-refractivity contribution in [3.8, 4) is 5.75 Å². The summed E-state index contributed by atoms with van der Waals surface area (Å²) in [7, 11) is 3.33. The van der Waals surface area contributed by atoms with Gasteiger partial charge in [0.1, 0.15) is 5.75 Å². The third-order valence-electron chi connectivity index (χ3n) is 3.10. The Morgan fingerprint density at radius 3 is 2.53 bits per heavy atom. The minimum atomic E-state index is -0.304. The Labute approximate surface area is 116 Å². The van der Waals surface area contributed by atoms with Crippen molar-refractivity contribution in [2.45, 2.75) is 45.3 Å². The molecule has 1 unspecified atom stereocenters. The first-order valence-corrected chi connectivity index (χ1v) is 7.10. The number of ether oxygens (including phenoxy) is 3. The van der Waals surface area contributed by atoms with Gasteiger partial charge in [0.05, 0.1) is 13.7 Å². The molecule has 19 heavy (non-hydrogen) atoms. The fourth-order valence-electron chi connectivity index (χ4n) is 1.98. The molecule has 0 amide bonds. The van der Waals surface area contributed by atoms with Gasteiger partial charge in [-0.25, -0.2) is 0 Å². The van der Waals surface area contributed by atoms with Gasteiger partial charge in [-0.3, -0.25) is 0 Å². The number of rotatable bonds is 10. The Hall–Kier alpha value is -1.06. The Balaban J connectivity index is 2.35. The van der Waals surface area contributed by atoms with Crippen molar-refractivity contribution in [3.05, 3.63) is 29.8 Å². The predicted molar refractivity (Wildman–Crippen MR) is 77.5 cm³/mol. The molecule has 1 atom stereocenters. The second-order valence-electron chi connectivity index (χ2n) is 4.63. The highest BCUT2D eigenvalue weighted by Gasteiger charge is 2.11. The molecule has 0 aromatic heterocycles. The number of unbranched alkanes of at least 4 members (excludes halogenated alkanes) is 4. The monoisotopic (exact) mass is 266 g/mol. The summed E-state index contributed by atoms with van der Waals surface area (Å²) < 4.78 is 16.4. The van der Waals surface area contributed by atoms with Crippen LogP contribution in [0.2, 0.25) is 0 Å². The van der Waals surface area contributed by atoms with Gasteiger partial charge in [-0.15, -0.1) is 0 Å². The Kier molecular flexibility index (Phi) is 8.26. The second kappa shape index (κ2) is 9.82. The van der Waals surface area contributed by atoms with Gasteiger partial charge in [0.15, 0.2) is 6.29 Å². The van der Waals surface area contributed by atoms with Crippen molar-refractivity contribution >= 4 is 0 Å². The van der Waals surface area contributed by atoms with Crippen molar-refractivity contribution in [2.24, 2.45) is 0 Å². The van der Waals surface area contributed by atoms with Crippen molar-refractivity contribution in [1.29, 1.82) is 0 Å². The van der Waals surface area contributed by atoms with E-state index in [2.05, 4.69) is 6.92 Å². The van der Waals surface area contributed by atoms with Crippen LogP contribution in [-0.2, 0) is 9.47 Å². The molecule has 0 radical (unpaired) electrons. The molecule has 0 spiro atoms. The van der Waals surface area contributed by atoms with Gasteiger partial charge in [0.2, 0.25) is 0 Å². The van der Waals surface area contributed by atoms with E-state index in [0.717, 1.165) is 24.3 Å². The normalized spacial score (nSPS) is 12.4. The fourth-order valence-corrected chi connectivity index (χ4v) is 1.98. The third kappa shape index (κ3) is 6.08. The molecular formula is C16H26O3. The van der Waals surface area contributed by atoms with E-state index in [1.807, 2.05) is 24.3 Å². The lowest BCUT2D eigenvalue weighted by Crippen LogP contribution is -2.08. The Morgan fingerprint density at radius 1 is 1.05 bits per heavy atom. The summed E-state index contributed by atoms with van der Waals surface area (Å²) in [6, 6.07) is 7.81. The third-order valence-corrected chi connectivity index (χ3v) is 3.10. The summed E-state index contributed by atoms with van der Waals surface area (Å²) in [6.45, 7) is 2.96. The average Bonchev–Trinajstić information content (AvgIpc) is 2.46. The number of hydrogen-bond acceptors (Lipinski definition) is 3. The van der Waals surface area contributed by atoms with E-state index in [-0.39, 0.29) is 6.29 Å². The minimum absolute atomic E-state index is 0.304. The Bertz CT molecular complexity index is 339. The maximum Gasteiger partial charge on any atom is 0.183 e. The molecule has 108 valence electrons. The number of benzene rings is 1. The lowest BCUT2D eigenvalue weighted by Gasteiger charge is -2.17. The van der Waals surface area contributed by atoms with E-state index >= 15 is 0 Å². The zero-order valence-corrected chi connectivity index (χ0v) is 12.4. The summed E-state index contributed by atoms with van der Waals surface area (Å²) in [4.78, 5) is 0. The van der Waals surface area contributed by atoms with Gasteiger partial charge >= 0.3 is 0 Å². The van der Waals surface area contributed by atoms with Crippen LogP contribution in [0.4, 0.5) is 0 Å². The summed E-state index contributed by atoms with van der Waals surface area (Å²) >= 11 is 0. The SMILES string of the molecule is CCCCCCCOC(OC)c1cccc(OC)c1. The molecule has 3 nitrogen and oxygen atoms in total. The molecular weight excluding hydrogens is 240 g/mol. The molecule has 0 aliphatic rings. The molecule has 1 rings (SSSR count). The second-order valence-corrected chi connectivity index (χ2v) is 4.63. The summed E-state index contributed by atoms with van der Waals surface area (Å²) in [6.07, 6.45) is 5.87. The summed E-state index contributed by atoms with van der Waals surface area (Å²) in [5.41, 5.74) is 0.996. The van der Waals surface area contributed by atoms with E-state index in [0.29, 0.717) is 0 Å². The van der Waals surface area contributed by atoms with Crippen LogP contribution >= 0.6 is 0 Å². The molecule has 1 aromatic carbocycles. The Morgan fingerprint density at radius 2 is 1.84 bits per heavy atom. The molecule has 0 bridgehead atoms. The molecule has 0 saturated carbocycles. The predicted octanol–water partition coefficient (Wildman–Crippen LogP) is 4.33. The lowest BCUT2D eigenvalue weighted by molar-refractivity contribution is -0.128. The largest absolute Gasteiger partial charge is 0.497 e. The quantitative estimate of drug-likeness (QED) is 0.466. The van der Waals surface area contributed by atoms with Crippen LogP contribution in [-0.4, -0.2) is 20.8 Å². The van der Waals surface area contributed by atoms with Crippen LogP contribution < -0.4 is 4.74 Å². The maximum absolute atomic E-state index is 5.78. The van der Waals surface area contributed by atoms with E-state index in [4.69, 9.17) is 14.2 Å². The van der Waals surface area contributed by atoms with Gasteiger partial charge in [-0.05, 0) is 18.6 Å². The summed E-state index contributed by atoms with van der Waals surface area (Å²) in [5, 5.41) is 0. The molecule has 0 aliphatic carbocycles. The molecule has 1 aromatic rings. The lowest BCUT2D eigenvalue weighted by atomic mass is 10.1. The van der Waals surface area contributed by atoms with Crippen LogP contribution in [0.5, 0.6) is 5.75 Å². The molecule has 0 saturated heterocycles. The van der Waals surface area contributed by atoms with Crippen LogP contribution in [0.1, 0.15) is 50.9 Å². The molecule has 0 aliphatic heterocycles. The standard InChI is InChI=1S/C16H26O3/c1-4-5-6-7-8-12-19-16(18-3)14-10-9-11-15(13-14)17-2/h9-11,13,16H,4-8,12H2,1-3H3. The van der Waals surface area contributed by atoms with E-state index in [1.54, 1.807) is 14.2 Å². The topological polar surface area (TPSA) is 27.7 Å². The summed E-state index contributed by atoms with van der Waals surface area (Å²) in [5.74, 6) is 0.825. The average molecular weight is 266 g/mol. The van der Waals surface area contributed by atoms with Gasteiger partial charge < -0.3 is 14.2 Å². The first-order chi connectivity index (χ1) is 9.31. The fraction of sp³-hybridized carbons (Fsp3) is 0.625. The van der Waals surface area contributed by atoms with E-state index in [1.165, 1.54) is 25.7 Å². The zero-order valence-electron chi connectivity index (χ0n) is 12.4. The molecule has 0 N–H and O–H groups in total. The van der Waals surface area contributed by atoms with Crippen LogP contribution in [0, 0.1) is 0 Å². The minimum Gasteiger partial charge on any atom is -0.497 e. The van der Waals surface area contributed by atoms with Crippen LogP contribution in [0.3, 0.4) is 0 Å². The number of hydrogen-bond donors (Lipinski definition) is 0. The first kappa shape index (κ1) is 16.0. The maximum atomic E-state index is 5.78. The first-order valence-electron chi connectivity index (χ1n) is 7.10. The van der Waals surface area contributed by atoms with Crippen molar-refractivity contribution in [2.75, 3.05) is 20.8 Å². The zero-order chi connectivity index (χ0) is 13.9. The van der Waals surface area contributed by atoms with E-state index < -0.39 is 0 Å². The van der Waals surface area contributed by atoms with Crippen LogP contribution in [0.25, 0.3) is 0 Å².